The zero-order valence-corrected chi connectivity index (χ0v) is 33.7. The Morgan fingerprint density at radius 1 is 0.226 bits per heavy atom. The van der Waals surface area contributed by atoms with E-state index in [1.54, 1.807) is 0 Å². The highest BCUT2D eigenvalue weighted by Gasteiger charge is 2.19. The highest BCUT2D eigenvalue weighted by molar-refractivity contribution is 6.18. The van der Waals surface area contributed by atoms with Gasteiger partial charge in [-0.15, -0.1) is 0 Å². The second-order valence-corrected chi connectivity index (χ2v) is 15.4. The first-order valence-corrected chi connectivity index (χ1v) is 20.9. The zero-order chi connectivity index (χ0) is 41.2. The molecule has 0 fully saturated rings. The Kier molecular flexibility index (Phi) is 9.49. The van der Waals surface area contributed by atoms with Crippen LogP contribution >= 0.6 is 0 Å². The zero-order valence-electron chi connectivity index (χ0n) is 33.7. The fourth-order valence-electron chi connectivity index (χ4n) is 8.47. The van der Waals surface area contributed by atoms with Gasteiger partial charge in [-0.2, -0.15) is 0 Å². The highest BCUT2D eigenvalue weighted by Crippen LogP contribution is 2.42. The Morgan fingerprint density at radius 3 is 1.24 bits per heavy atom. The van der Waals surface area contributed by atoms with Crippen LogP contribution in [0.3, 0.4) is 0 Å². The molecule has 0 atom stereocenters. The topological polar surface area (TPSA) is 51.6 Å². The van der Waals surface area contributed by atoms with E-state index in [0.717, 1.165) is 94.1 Å². The molecule has 2 heterocycles. The van der Waals surface area contributed by atoms with Crippen molar-refractivity contribution in [3.8, 4) is 89.9 Å². The van der Waals surface area contributed by atoms with Crippen LogP contribution in [-0.4, -0.2) is 19.9 Å². The van der Waals surface area contributed by atoms with E-state index < -0.39 is 0 Å². The molecule has 0 unspecified atom stereocenters. The molecule has 2 aromatic heterocycles. The van der Waals surface area contributed by atoms with E-state index in [2.05, 4.69) is 194 Å². The van der Waals surface area contributed by atoms with Gasteiger partial charge in [0.15, 0.2) is 17.5 Å². The molecule has 9 aromatic carbocycles. The van der Waals surface area contributed by atoms with Crippen molar-refractivity contribution in [2.75, 3.05) is 0 Å². The molecule has 11 aromatic rings. The molecule has 62 heavy (non-hydrogen) atoms. The van der Waals surface area contributed by atoms with Crippen molar-refractivity contribution in [3.05, 3.63) is 231 Å². The van der Waals surface area contributed by atoms with Crippen molar-refractivity contribution < 1.29 is 0 Å². The van der Waals surface area contributed by atoms with Gasteiger partial charge in [0.05, 0.1) is 11.2 Å². The van der Waals surface area contributed by atoms with E-state index in [1.165, 1.54) is 0 Å². The summed E-state index contributed by atoms with van der Waals surface area (Å²) in [6.07, 6.45) is 0. The lowest BCUT2D eigenvalue weighted by Gasteiger charge is -2.16. The molecule has 0 N–H and O–H groups in total. The molecule has 4 nitrogen and oxygen atoms in total. The average Bonchev–Trinajstić information content (AvgIpc) is 3.37. The number of fused-ring (bicyclic) bond motifs is 3. The summed E-state index contributed by atoms with van der Waals surface area (Å²) in [5.74, 6) is 1.82. The van der Waals surface area contributed by atoms with Crippen LogP contribution in [0, 0.1) is 0 Å². The number of nitrogens with zero attached hydrogens (tertiary/aromatic N) is 4. The maximum Gasteiger partial charge on any atom is 0.164 e. The quantitative estimate of drug-likeness (QED) is 0.144. The lowest BCUT2D eigenvalue weighted by molar-refractivity contribution is 1.07. The molecule has 0 spiro atoms. The molecule has 0 aliphatic carbocycles. The first-order valence-electron chi connectivity index (χ1n) is 20.9. The van der Waals surface area contributed by atoms with Crippen LogP contribution in [-0.2, 0) is 0 Å². The maximum atomic E-state index is 5.36. The van der Waals surface area contributed by atoms with Crippen LogP contribution < -0.4 is 0 Å². The molecule has 11 rings (SSSR count). The molecule has 0 saturated heterocycles. The van der Waals surface area contributed by atoms with Crippen molar-refractivity contribution in [3.63, 3.8) is 0 Å². The minimum absolute atomic E-state index is 0.600. The summed E-state index contributed by atoms with van der Waals surface area (Å²) in [4.78, 5) is 21.0. The summed E-state index contributed by atoms with van der Waals surface area (Å²) in [5, 5.41) is 3.43. The largest absolute Gasteiger partial charge is 0.248 e. The summed E-state index contributed by atoms with van der Waals surface area (Å²) in [5.41, 5.74) is 14.6. The lowest BCUT2D eigenvalue weighted by Crippen LogP contribution is -2.01. The molecule has 0 aliphatic rings. The predicted octanol–water partition coefficient (Wildman–Crippen LogP) is 14.9. The third-order valence-electron chi connectivity index (χ3n) is 11.5. The highest BCUT2D eigenvalue weighted by atomic mass is 15.0. The second-order valence-electron chi connectivity index (χ2n) is 15.4. The Bertz CT molecular complexity index is 3310. The first-order chi connectivity index (χ1) is 30.7. The van der Waals surface area contributed by atoms with Gasteiger partial charge in [-0.25, -0.2) is 19.9 Å². The Morgan fingerprint density at radius 2 is 0.645 bits per heavy atom. The minimum Gasteiger partial charge on any atom is -0.248 e. The van der Waals surface area contributed by atoms with Crippen molar-refractivity contribution in [2.24, 2.45) is 0 Å². The SMILES string of the molecule is c1ccc(-c2cc(-c3ccccc3)cc(-c3nc(-c4ccccc4)nc(-c4cccc(-c5cc6nc(-c7ccccc7)cc(-c7ccccc7)c6c6ccccc56)c4)n3)c2)cc1. The van der Waals surface area contributed by atoms with Crippen molar-refractivity contribution in [2.45, 2.75) is 0 Å². The molecule has 0 amide bonds. The normalized spacial score (nSPS) is 11.2. The van der Waals surface area contributed by atoms with Gasteiger partial charge in [-0.05, 0) is 91.7 Å². The number of hydrogen-bond donors (Lipinski definition) is 0. The van der Waals surface area contributed by atoms with Crippen LogP contribution in [0.5, 0.6) is 0 Å². The van der Waals surface area contributed by atoms with Gasteiger partial charge in [-0.1, -0.05) is 194 Å². The predicted molar refractivity (Wildman–Crippen MR) is 256 cm³/mol. The van der Waals surface area contributed by atoms with Gasteiger partial charge in [0, 0.05) is 27.6 Å². The Hall–Kier alpha value is -8.34. The maximum absolute atomic E-state index is 5.36. The molecule has 0 aliphatic heterocycles. The van der Waals surface area contributed by atoms with Gasteiger partial charge in [-0.3, -0.25) is 0 Å². The van der Waals surface area contributed by atoms with Gasteiger partial charge in [0.25, 0.3) is 0 Å². The van der Waals surface area contributed by atoms with Crippen LogP contribution in [0.2, 0.25) is 0 Å². The number of benzene rings is 9. The molecular formula is C58H38N4. The second kappa shape index (κ2) is 16.0. The Balaban J connectivity index is 1.10. The standard InChI is InChI=1S/C58H38N4/c1-6-19-39(20-7-1)46-34-47(40-21-8-2-9-22-40)36-48(35-46)58-61-56(43-27-14-5-15-28-43)60-57(62-58)45-30-18-29-44(33-45)51-37-54-55(50-32-17-16-31-49(50)51)52(41-23-10-3-11-24-41)38-53(59-54)42-25-12-4-13-26-42/h1-38H. The monoisotopic (exact) mass is 790 g/mol. The number of aromatic nitrogens is 4. The van der Waals surface area contributed by atoms with Crippen molar-refractivity contribution >= 4 is 21.7 Å². The Labute approximate surface area is 360 Å². The summed E-state index contributed by atoms with van der Waals surface area (Å²) in [6.45, 7) is 0. The number of rotatable bonds is 8. The summed E-state index contributed by atoms with van der Waals surface area (Å²) < 4.78 is 0. The molecule has 4 heteroatoms. The van der Waals surface area contributed by atoms with E-state index in [4.69, 9.17) is 19.9 Å². The number of hydrogen-bond acceptors (Lipinski definition) is 4. The fraction of sp³-hybridized carbons (Fsp3) is 0. The third kappa shape index (κ3) is 7.10. The fourth-order valence-corrected chi connectivity index (χ4v) is 8.47. The lowest BCUT2D eigenvalue weighted by atomic mass is 9.90. The van der Waals surface area contributed by atoms with Crippen LogP contribution in [0.25, 0.3) is 112 Å². The summed E-state index contributed by atoms with van der Waals surface area (Å²) >= 11 is 0. The van der Waals surface area contributed by atoms with E-state index in [9.17, 15) is 0 Å². The van der Waals surface area contributed by atoms with E-state index in [-0.39, 0.29) is 0 Å². The molecule has 0 radical (unpaired) electrons. The van der Waals surface area contributed by atoms with Crippen LogP contribution in [0.15, 0.2) is 231 Å². The van der Waals surface area contributed by atoms with Gasteiger partial charge in [0.2, 0.25) is 0 Å². The van der Waals surface area contributed by atoms with E-state index in [0.29, 0.717) is 17.5 Å². The average molecular weight is 791 g/mol. The summed E-state index contributed by atoms with van der Waals surface area (Å²) in [6, 6.07) is 80.6. The minimum atomic E-state index is 0.600. The van der Waals surface area contributed by atoms with Crippen LogP contribution in [0.1, 0.15) is 0 Å². The first kappa shape index (κ1) is 36.7. The smallest absolute Gasteiger partial charge is 0.164 e. The van der Waals surface area contributed by atoms with Gasteiger partial charge < -0.3 is 0 Å². The van der Waals surface area contributed by atoms with Gasteiger partial charge in [0.1, 0.15) is 0 Å². The van der Waals surface area contributed by atoms with E-state index >= 15 is 0 Å². The summed E-state index contributed by atoms with van der Waals surface area (Å²) in [7, 11) is 0. The van der Waals surface area contributed by atoms with Crippen molar-refractivity contribution in [1.29, 1.82) is 0 Å². The molecule has 290 valence electrons. The third-order valence-corrected chi connectivity index (χ3v) is 11.5. The molecule has 0 bridgehead atoms. The van der Waals surface area contributed by atoms with Gasteiger partial charge >= 0.3 is 0 Å². The van der Waals surface area contributed by atoms with Crippen LogP contribution in [0.4, 0.5) is 0 Å². The molecule has 0 saturated carbocycles. The van der Waals surface area contributed by atoms with E-state index in [1.807, 2.05) is 36.4 Å². The van der Waals surface area contributed by atoms with Crippen molar-refractivity contribution in [1.82, 2.24) is 19.9 Å². The molecular weight excluding hydrogens is 753 g/mol. The number of pyridine rings is 1.